The Hall–Kier alpha value is -2.93. The van der Waals surface area contributed by atoms with E-state index < -0.39 is 16.7 Å². The molecule has 7 nitrogen and oxygen atoms in total. The molecule has 0 bridgehead atoms. The number of nitrogens with zero attached hydrogens (tertiary/aromatic N) is 1. The van der Waals surface area contributed by atoms with E-state index in [1.54, 1.807) is 25.1 Å². The normalized spacial score (nSPS) is 10.2. The first kappa shape index (κ1) is 18.4. The number of benzene rings is 2. The highest BCUT2D eigenvalue weighted by Gasteiger charge is 2.15. The van der Waals surface area contributed by atoms with Crippen LogP contribution >= 0.6 is 11.6 Å². The lowest BCUT2D eigenvalue weighted by Gasteiger charge is -2.08. The number of hydrogen-bond acceptors (Lipinski definition) is 4. The van der Waals surface area contributed by atoms with E-state index >= 15 is 0 Å². The number of amides is 2. The van der Waals surface area contributed by atoms with Gasteiger partial charge in [-0.1, -0.05) is 23.7 Å². The van der Waals surface area contributed by atoms with Gasteiger partial charge >= 0.3 is 0 Å². The van der Waals surface area contributed by atoms with Crippen molar-refractivity contribution in [1.29, 1.82) is 0 Å². The van der Waals surface area contributed by atoms with Gasteiger partial charge in [0.05, 0.1) is 11.5 Å². The predicted octanol–water partition coefficient (Wildman–Crippen LogP) is 3.23. The molecule has 2 N–H and O–H groups in total. The maximum atomic E-state index is 12.1. The summed E-state index contributed by atoms with van der Waals surface area (Å²) in [7, 11) is 0. The third kappa shape index (κ3) is 4.77. The Morgan fingerprint density at radius 1 is 1.12 bits per heavy atom. The molecule has 0 atom stereocenters. The summed E-state index contributed by atoms with van der Waals surface area (Å²) in [4.78, 5) is 34.3. The number of rotatable bonds is 5. The second kappa shape index (κ2) is 7.76. The molecule has 2 amide bonds. The maximum absolute atomic E-state index is 12.1. The molecule has 0 spiro atoms. The summed E-state index contributed by atoms with van der Waals surface area (Å²) >= 11 is 5.98. The smallest absolute Gasteiger partial charge is 0.273 e. The Morgan fingerprint density at radius 3 is 2.44 bits per heavy atom. The average molecular weight is 362 g/mol. The zero-order valence-electron chi connectivity index (χ0n) is 13.6. The van der Waals surface area contributed by atoms with Gasteiger partial charge in [0, 0.05) is 27.9 Å². The fourth-order valence-electron chi connectivity index (χ4n) is 2.09. The van der Waals surface area contributed by atoms with E-state index in [0.717, 1.165) is 5.56 Å². The third-order valence-electron chi connectivity index (χ3n) is 3.53. The number of carbonyl (C=O) groups is 2. The highest BCUT2D eigenvalue weighted by atomic mass is 35.5. The summed E-state index contributed by atoms with van der Waals surface area (Å²) in [5.41, 5.74) is 1.82. The van der Waals surface area contributed by atoms with Crippen LogP contribution in [-0.4, -0.2) is 23.3 Å². The number of aryl methyl sites for hydroxylation is 2. The molecular formula is C17H16ClN3O4. The van der Waals surface area contributed by atoms with Gasteiger partial charge in [0.15, 0.2) is 0 Å². The first-order valence-corrected chi connectivity index (χ1v) is 7.75. The number of hydrogen-bond donors (Lipinski definition) is 2. The number of halogens is 1. The topological polar surface area (TPSA) is 101 Å². The third-order valence-corrected chi connectivity index (χ3v) is 3.94. The Balaban J connectivity index is 1.97. The Morgan fingerprint density at radius 2 is 1.80 bits per heavy atom. The molecule has 0 aliphatic rings. The minimum atomic E-state index is -0.569. The molecule has 8 heteroatoms. The molecule has 0 aliphatic heterocycles. The van der Waals surface area contributed by atoms with E-state index in [1.807, 2.05) is 6.92 Å². The number of carbonyl (C=O) groups excluding carboxylic acids is 2. The Bertz CT molecular complexity index is 852. The molecule has 130 valence electrons. The van der Waals surface area contributed by atoms with Crippen LogP contribution in [0.5, 0.6) is 0 Å². The fraction of sp³-hybridized carbons (Fsp3) is 0.176. The molecule has 2 rings (SSSR count). The standard InChI is InChI=1S/C17H16ClN3O4/c1-10-4-6-13(8-14(10)18)20-16(22)9-19-17(23)12-5-3-11(2)15(7-12)21(24)25/h3-8H,9H2,1-2H3,(H,19,23)(H,20,22). The minimum absolute atomic E-state index is 0.114. The molecule has 0 saturated heterocycles. The number of anilines is 1. The van der Waals surface area contributed by atoms with Crippen molar-refractivity contribution in [3.05, 3.63) is 68.2 Å². The average Bonchev–Trinajstić information content (AvgIpc) is 2.56. The van der Waals surface area contributed by atoms with Crippen molar-refractivity contribution in [2.45, 2.75) is 13.8 Å². The zero-order chi connectivity index (χ0) is 18.6. The lowest BCUT2D eigenvalue weighted by atomic mass is 10.1. The van der Waals surface area contributed by atoms with Gasteiger partial charge in [-0.05, 0) is 37.6 Å². The second-order valence-electron chi connectivity index (χ2n) is 5.45. The van der Waals surface area contributed by atoms with Crippen molar-refractivity contribution in [3.63, 3.8) is 0 Å². The van der Waals surface area contributed by atoms with Gasteiger partial charge in [0.1, 0.15) is 0 Å². The monoisotopic (exact) mass is 361 g/mol. The van der Waals surface area contributed by atoms with E-state index in [0.29, 0.717) is 16.3 Å². The van der Waals surface area contributed by atoms with E-state index in [1.165, 1.54) is 18.2 Å². The maximum Gasteiger partial charge on any atom is 0.273 e. The summed E-state index contributed by atoms with van der Waals surface area (Å²) < 4.78 is 0. The van der Waals surface area contributed by atoms with Crippen LogP contribution in [0.15, 0.2) is 36.4 Å². The highest BCUT2D eigenvalue weighted by Crippen LogP contribution is 2.20. The van der Waals surface area contributed by atoms with Gasteiger partial charge in [-0.3, -0.25) is 19.7 Å². The number of nitro groups is 1. The largest absolute Gasteiger partial charge is 0.343 e. The molecule has 2 aromatic rings. The molecule has 0 aromatic heterocycles. The van der Waals surface area contributed by atoms with Crippen molar-refractivity contribution >= 4 is 34.8 Å². The molecule has 0 saturated carbocycles. The van der Waals surface area contributed by atoms with Crippen LogP contribution in [0.3, 0.4) is 0 Å². The van der Waals surface area contributed by atoms with Gasteiger partial charge in [-0.25, -0.2) is 0 Å². The summed E-state index contributed by atoms with van der Waals surface area (Å²) in [6.07, 6.45) is 0. The summed E-state index contributed by atoms with van der Waals surface area (Å²) in [5.74, 6) is -1.00. The van der Waals surface area contributed by atoms with Crippen LogP contribution < -0.4 is 10.6 Å². The van der Waals surface area contributed by atoms with Crippen molar-refractivity contribution in [2.24, 2.45) is 0 Å². The van der Waals surface area contributed by atoms with Crippen LogP contribution in [0.4, 0.5) is 11.4 Å². The molecular weight excluding hydrogens is 346 g/mol. The second-order valence-corrected chi connectivity index (χ2v) is 5.86. The molecule has 0 aliphatic carbocycles. The van der Waals surface area contributed by atoms with Gasteiger partial charge in [-0.2, -0.15) is 0 Å². The molecule has 0 unspecified atom stereocenters. The Labute approximate surface area is 149 Å². The quantitative estimate of drug-likeness (QED) is 0.630. The van der Waals surface area contributed by atoms with Gasteiger partial charge in [0.2, 0.25) is 5.91 Å². The first-order chi connectivity index (χ1) is 11.8. The number of nitro benzene ring substituents is 1. The van der Waals surface area contributed by atoms with Crippen LogP contribution in [0.1, 0.15) is 21.5 Å². The van der Waals surface area contributed by atoms with E-state index in [9.17, 15) is 19.7 Å². The lowest BCUT2D eigenvalue weighted by Crippen LogP contribution is -2.32. The van der Waals surface area contributed by atoms with Crippen LogP contribution in [-0.2, 0) is 4.79 Å². The molecule has 0 heterocycles. The van der Waals surface area contributed by atoms with Crippen molar-refractivity contribution < 1.29 is 14.5 Å². The Kier molecular flexibility index (Phi) is 5.71. The van der Waals surface area contributed by atoms with Crippen molar-refractivity contribution in [1.82, 2.24) is 5.32 Å². The van der Waals surface area contributed by atoms with Gasteiger partial charge in [-0.15, -0.1) is 0 Å². The first-order valence-electron chi connectivity index (χ1n) is 7.37. The van der Waals surface area contributed by atoms with Crippen molar-refractivity contribution in [3.8, 4) is 0 Å². The molecule has 2 aromatic carbocycles. The molecule has 0 fully saturated rings. The van der Waals surface area contributed by atoms with Crippen LogP contribution in [0.25, 0.3) is 0 Å². The van der Waals surface area contributed by atoms with E-state index in [-0.39, 0.29) is 17.8 Å². The fourth-order valence-corrected chi connectivity index (χ4v) is 2.27. The molecule has 0 radical (unpaired) electrons. The van der Waals surface area contributed by atoms with Crippen molar-refractivity contribution in [2.75, 3.05) is 11.9 Å². The zero-order valence-corrected chi connectivity index (χ0v) is 14.4. The summed E-state index contributed by atoms with van der Waals surface area (Å²) in [6.45, 7) is 3.15. The summed E-state index contributed by atoms with van der Waals surface area (Å²) in [5, 5.41) is 16.5. The lowest BCUT2D eigenvalue weighted by molar-refractivity contribution is -0.385. The predicted molar refractivity (Wildman–Crippen MR) is 95.0 cm³/mol. The van der Waals surface area contributed by atoms with Gasteiger partial charge in [0.25, 0.3) is 11.6 Å². The van der Waals surface area contributed by atoms with Crippen LogP contribution in [0.2, 0.25) is 5.02 Å². The number of nitrogens with one attached hydrogen (secondary N) is 2. The summed E-state index contributed by atoms with van der Waals surface area (Å²) in [6, 6.07) is 9.21. The minimum Gasteiger partial charge on any atom is -0.343 e. The van der Waals surface area contributed by atoms with E-state index in [4.69, 9.17) is 11.6 Å². The molecule has 25 heavy (non-hydrogen) atoms. The highest BCUT2D eigenvalue weighted by molar-refractivity contribution is 6.31. The van der Waals surface area contributed by atoms with Crippen LogP contribution in [0, 0.1) is 24.0 Å². The van der Waals surface area contributed by atoms with E-state index in [2.05, 4.69) is 10.6 Å². The van der Waals surface area contributed by atoms with Gasteiger partial charge < -0.3 is 10.6 Å². The SMILES string of the molecule is Cc1ccc(NC(=O)CNC(=O)c2ccc(C)c([N+](=O)[O-])c2)cc1Cl.